The highest BCUT2D eigenvalue weighted by Gasteiger charge is 2.16. The van der Waals surface area contributed by atoms with Gasteiger partial charge < -0.3 is 4.90 Å². The summed E-state index contributed by atoms with van der Waals surface area (Å²) in [6, 6.07) is 68.0. The van der Waals surface area contributed by atoms with Gasteiger partial charge in [-0.3, -0.25) is 19.9 Å². The van der Waals surface area contributed by atoms with Crippen molar-refractivity contribution in [2.75, 3.05) is 4.90 Å². The number of pyridine rings is 4. The first-order valence-electron chi connectivity index (χ1n) is 21.9. The van der Waals surface area contributed by atoms with E-state index in [4.69, 9.17) is 9.97 Å². The molecule has 0 spiro atoms. The van der Waals surface area contributed by atoms with Gasteiger partial charge in [0.15, 0.2) is 0 Å². The predicted molar refractivity (Wildman–Crippen MR) is 271 cm³/mol. The number of hydrogen-bond acceptors (Lipinski definition) is 5. The highest BCUT2D eigenvalue weighted by Crippen LogP contribution is 2.40. The van der Waals surface area contributed by atoms with E-state index in [0.29, 0.717) is 0 Å². The smallest absolute Gasteiger partial charge is 0.0708 e. The predicted octanol–water partition coefficient (Wildman–Crippen LogP) is 15.8. The molecule has 0 radical (unpaired) electrons. The minimum atomic E-state index is 0.933. The Labute approximate surface area is 374 Å². The summed E-state index contributed by atoms with van der Waals surface area (Å²) in [5.41, 5.74) is 9.58. The van der Waals surface area contributed by atoms with Gasteiger partial charge in [-0.05, 0) is 138 Å². The van der Waals surface area contributed by atoms with Crippen LogP contribution in [0.1, 0.15) is 0 Å². The topological polar surface area (TPSA) is 54.8 Å². The van der Waals surface area contributed by atoms with Gasteiger partial charge in [0.25, 0.3) is 0 Å². The fraction of sp³-hybridized carbons (Fsp3) is 0. The standard InChI is InChI=1S/C60H37N5/c1-2-4-41-29-42(6-5-38(41)3-1)43-17-23-53-44(30-43)7-8-45-31-52(22-24-54(45)53)65(50-18-13-39(14-19-50)59-32-46-9-11-48-34-61-27-25-55(48)57(46)36-63-59)51-20-15-40(16-21-51)60-33-47-10-12-49-35-62-28-26-56(49)58(47)37-64-60/h1-37H. The quantitative estimate of drug-likeness (QED) is 0.156. The Kier molecular flexibility index (Phi) is 8.46. The Bertz CT molecular complexity index is 3850. The lowest BCUT2D eigenvalue weighted by atomic mass is 9.96. The molecule has 0 aliphatic rings. The van der Waals surface area contributed by atoms with Crippen molar-refractivity contribution in [1.29, 1.82) is 0 Å². The molecule has 13 aromatic rings. The normalized spacial score (nSPS) is 11.7. The molecular formula is C60H37N5. The summed E-state index contributed by atoms with van der Waals surface area (Å²) in [6.45, 7) is 0. The minimum Gasteiger partial charge on any atom is -0.310 e. The van der Waals surface area contributed by atoms with Crippen LogP contribution >= 0.6 is 0 Å². The van der Waals surface area contributed by atoms with Crippen LogP contribution in [0.4, 0.5) is 17.1 Å². The summed E-state index contributed by atoms with van der Waals surface area (Å²) in [5, 5.41) is 16.5. The zero-order valence-electron chi connectivity index (χ0n) is 35.1. The van der Waals surface area contributed by atoms with Crippen LogP contribution in [0.5, 0.6) is 0 Å². The van der Waals surface area contributed by atoms with Gasteiger partial charge in [0.2, 0.25) is 0 Å². The van der Waals surface area contributed by atoms with Crippen LogP contribution in [-0.2, 0) is 0 Å². The maximum atomic E-state index is 4.94. The molecule has 65 heavy (non-hydrogen) atoms. The molecule has 0 atom stereocenters. The number of aromatic nitrogens is 4. The highest BCUT2D eigenvalue weighted by molar-refractivity contribution is 6.11. The number of fused-ring (bicyclic) bond motifs is 10. The fourth-order valence-corrected chi connectivity index (χ4v) is 9.67. The van der Waals surface area contributed by atoms with Crippen molar-refractivity contribution in [2.24, 2.45) is 0 Å². The van der Waals surface area contributed by atoms with Crippen molar-refractivity contribution in [3.8, 4) is 33.6 Å². The monoisotopic (exact) mass is 827 g/mol. The van der Waals surface area contributed by atoms with Crippen LogP contribution in [0.25, 0.3) is 109 Å². The van der Waals surface area contributed by atoms with Gasteiger partial charge in [-0.1, -0.05) is 115 Å². The maximum Gasteiger partial charge on any atom is 0.0708 e. The van der Waals surface area contributed by atoms with E-state index in [0.717, 1.165) is 82.7 Å². The minimum absolute atomic E-state index is 0.933. The van der Waals surface area contributed by atoms with Crippen molar-refractivity contribution in [2.45, 2.75) is 0 Å². The molecule has 0 N–H and O–H groups in total. The molecule has 0 amide bonds. The van der Waals surface area contributed by atoms with Crippen LogP contribution in [0.3, 0.4) is 0 Å². The van der Waals surface area contributed by atoms with Gasteiger partial charge in [-0.15, -0.1) is 0 Å². The Morgan fingerprint density at radius 3 is 1.26 bits per heavy atom. The summed E-state index contributed by atoms with van der Waals surface area (Å²) in [5.74, 6) is 0. The number of nitrogens with zero attached hydrogens (tertiary/aromatic N) is 5. The van der Waals surface area contributed by atoms with Crippen molar-refractivity contribution >= 4 is 92.5 Å². The van der Waals surface area contributed by atoms with E-state index in [9.17, 15) is 0 Å². The Hall–Kier alpha value is -8.80. The summed E-state index contributed by atoms with van der Waals surface area (Å²) in [6.07, 6.45) is 11.5. The van der Waals surface area contributed by atoms with Crippen LogP contribution in [0.2, 0.25) is 0 Å². The van der Waals surface area contributed by atoms with Crippen LogP contribution in [0, 0.1) is 0 Å². The van der Waals surface area contributed by atoms with E-state index in [1.807, 2.05) is 37.2 Å². The summed E-state index contributed by atoms with van der Waals surface area (Å²) in [4.78, 5) is 20.8. The third-order valence-electron chi connectivity index (χ3n) is 13.0. The summed E-state index contributed by atoms with van der Waals surface area (Å²) in [7, 11) is 0. The van der Waals surface area contributed by atoms with E-state index in [-0.39, 0.29) is 0 Å². The Balaban J connectivity index is 0.882. The molecule has 0 fully saturated rings. The maximum absolute atomic E-state index is 4.94. The molecule has 4 heterocycles. The molecule has 0 aliphatic carbocycles. The van der Waals surface area contributed by atoms with Gasteiger partial charge in [0.05, 0.1) is 11.4 Å². The zero-order chi connectivity index (χ0) is 42.8. The van der Waals surface area contributed by atoms with E-state index in [1.54, 1.807) is 0 Å². The van der Waals surface area contributed by atoms with Gasteiger partial charge in [-0.25, -0.2) is 0 Å². The number of anilines is 3. The van der Waals surface area contributed by atoms with Crippen LogP contribution in [-0.4, -0.2) is 19.9 Å². The van der Waals surface area contributed by atoms with Crippen molar-refractivity contribution in [3.63, 3.8) is 0 Å². The van der Waals surface area contributed by atoms with Gasteiger partial charge in [-0.2, -0.15) is 0 Å². The van der Waals surface area contributed by atoms with Crippen molar-refractivity contribution in [3.05, 3.63) is 225 Å². The molecule has 0 saturated heterocycles. The van der Waals surface area contributed by atoms with E-state index < -0.39 is 0 Å². The molecule has 0 saturated carbocycles. The fourth-order valence-electron chi connectivity index (χ4n) is 9.67. The number of rotatable bonds is 6. The molecule has 0 aliphatic heterocycles. The molecular weight excluding hydrogens is 791 g/mol. The summed E-state index contributed by atoms with van der Waals surface area (Å²) >= 11 is 0. The molecule has 13 rings (SSSR count). The van der Waals surface area contributed by atoms with Crippen molar-refractivity contribution < 1.29 is 0 Å². The average Bonchev–Trinajstić information content (AvgIpc) is 3.38. The molecule has 5 heteroatoms. The second-order valence-electron chi connectivity index (χ2n) is 16.8. The lowest BCUT2D eigenvalue weighted by Gasteiger charge is -2.26. The average molecular weight is 828 g/mol. The van der Waals surface area contributed by atoms with Gasteiger partial charge >= 0.3 is 0 Å². The lowest BCUT2D eigenvalue weighted by molar-refractivity contribution is 1.28. The Morgan fingerprint density at radius 2 is 0.677 bits per heavy atom. The van der Waals surface area contributed by atoms with E-state index >= 15 is 0 Å². The first-order chi connectivity index (χ1) is 32.2. The van der Waals surface area contributed by atoms with Crippen LogP contribution < -0.4 is 4.90 Å². The molecule has 0 bridgehead atoms. The third-order valence-corrected chi connectivity index (χ3v) is 13.0. The van der Waals surface area contributed by atoms with Gasteiger partial charge in [0.1, 0.15) is 0 Å². The number of benzene rings is 9. The number of hydrogen-bond donors (Lipinski definition) is 0. The SMILES string of the molecule is c1ccc2cc(-c3ccc4c(ccc5cc(N(c6ccc(-c7cc8ccc9cnccc9c8cn7)cc6)c6ccc(-c7cc8ccc9cnccc9c8cn7)cc6)ccc54)c3)ccc2c1. The molecule has 0 unspecified atom stereocenters. The van der Waals surface area contributed by atoms with Crippen molar-refractivity contribution in [1.82, 2.24) is 19.9 Å². The largest absolute Gasteiger partial charge is 0.310 e. The highest BCUT2D eigenvalue weighted by atomic mass is 15.1. The molecule has 302 valence electrons. The first-order valence-corrected chi connectivity index (χ1v) is 21.9. The van der Waals surface area contributed by atoms with Crippen LogP contribution in [0.15, 0.2) is 225 Å². The van der Waals surface area contributed by atoms with E-state index in [2.05, 4.69) is 203 Å². The third kappa shape index (κ3) is 6.40. The molecule has 4 aromatic heterocycles. The second kappa shape index (κ2) is 14.9. The summed E-state index contributed by atoms with van der Waals surface area (Å²) < 4.78 is 0. The zero-order valence-corrected chi connectivity index (χ0v) is 35.1. The second-order valence-corrected chi connectivity index (χ2v) is 16.8. The molecule has 5 nitrogen and oxygen atoms in total. The van der Waals surface area contributed by atoms with E-state index in [1.165, 1.54) is 43.4 Å². The molecule has 9 aromatic carbocycles. The van der Waals surface area contributed by atoms with Gasteiger partial charge in [0, 0.05) is 86.9 Å². The first kappa shape index (κ1) is 36.8. The Morgan fingerprint density at radius 1 is 0.262 bits per heavy atom. The lowest BCUT2D eigenvalue weighted by Crippen LogP contribution is -2.10.